The van der Waals surface area contributed by atoms with E-state index in [2.05, 4.69) is 16.7 Å². The standard InChI is InChI=1S/C14H19N3O/c1-10(2)17-14(18)6-7-16-13-8-12(9-15)5-4-11(13)3/h4-5,8,10,16H,6-7H2,1-3H3,(H,17,18). The Hall–Kier alpha value is -2.02. The summed E-state index contributed by atoms with van der Waals surface area (Å²) in [5.41, 5.74) is 2.60. The van der Waals surface area contributed by atoms with Gasteiger partial charge >= 0.3 is 0 Å². The van der Waals surface area contributed by atoms with Gasteiger partial charge in [0.05, 0.1) is 11.6 Å². The highest BCUT2D eigenvalue weighted by Gasteiger charge is 2.04. The molecule has 0 aromatic heterocycles. The number of nitriles is 1. The smallest absolute Gasteiger partial charge is 0.221 e. The first-order valence-corrected chi connectivity index (χ1v) is 6.07. The highest BCUT2D eigenvalue weighted by atomic mass is 16.1. The lowest BCUT2D eigenvalue weighted by molar-refractivity contribution is -0.121. The Kier molecular flexibility index (Phi) is 5.19. The van der Waals surface area contributed by atoms with Crippen molar-refractivity contribution in [2.75, 3.05) is 11.9 Å². The molecule has 0 radical (unpaired) electrons. The number of aryl methyl sites for hydroxylation is 1. The summed E-state index contributed by atoms with van der Waals surface area (Å²) in [5.74, 6) is 0.0339. The fraction of sp³-hybridized carbons (Fsp3) is 0.429. The van der Waals surface area contributed by atoms with E-state index in [1.54, 1.807) is 12.1 Å². The molecule has 0 fully saturated rings. The van der Waals surface area contributed by atoms with Gasteiger partial charge in [0.1, 0.15) is 0 Å². The number of carbonyl (C=O) groups excluding carboxylic acids is 1. The summed E-state index contributed by atoms with van der Waals surface area (Å²) in [6.45, 7) is 6.41. The third-order valence-corrected chi connectivity index (χ3v) is 2.48. The number of benzene rings is 1. The molecule has 0 aliphatic carbocycles. The van der Waals surface area contributed by atoms with Gasteiger partial charge in [-0.3, -0.25) is 4.79 Å². The number of nitrogens with zero attached hydrogens (tertiary/aromatic N) is 1. The van der Waals surface area contributed by atoms with E-state index in [0.717, 1.165) is 11.3 Å². The molecule has 96 valence electrons. The number of anilines is 1. The van der Waals surface area contributed by atoms with Gasteiger partial charge in [-0.25, -0.2) is 0 Å². The molecule has 4 heteroatoms. The van der Waals surface area contributed by atoms with Crippen molar-refractivity contribution in [2.45, 2.75) is 33.2 Å². The van der Waals surface area contributed by atoms with Crippen molar-refractivity contribution in [1.29, 1.82) is 5.26 Å². The quantitative estimate of drug-likeness (QED) is 0.835. The second-order valence-electron chi connectivity index (χ2n) is 4.54. The van der Waals surface area contributed by atoms with Gasteiger partial charge in [0.2, 0.25) is 5.91 Å². The highest BCUT2D eigenvalue weighted by Crippen LogP contribution is 2.16. The molecule has 1 rings (SSSR count). The first-order chi connectivity index (χ1) is 8.52. The third kappa shape index (κ3) is 4.46. The zero-order chi connectivity index (χ0) is 13.5. The van der Waals surface area contributed by atoms with Crippen LogP contribution in [0.5, 0.6) is 0 Å². The summed E-state index contributed by atoms with van der Waals surface area (Å²) in [6.07, 6.45) is 0.425. The van der Waals surface area contributed by atoms with E-state index in [4.69, 9.17) is 5.26 Å². The average molecular weight is 245 g/mol. The van der Waals surface area contributed by atoms with Gasteiger partial charge in [-0.1, -0.05) is 6.07 Å². The van der Waals surface area contributed by atoms with Gasteiger partial charge in [-0.15, -0.1) is 0 Å². The Morgan fingerprint density at radius 1 is 1.44 bits per heavy atom. The molecule has 0 spiro atoms. The third-order valence-electron chi connectivity index (χ3n) is 2.48. The van der Waals surface area contributed by atoms with E-state index < -0.39 is 0 Å². The normalized spacial score (nSPS) is 9.94. The Balaban J connectivity index is 2.49. The van der Waals surface area contributed by atoms with Gasteiger partial charge in [-0.2, -0.15) is 5.26 Å². The molecule has 0 saturated heterocycles. The maximum absolute atomic E-state index is 11.4. The first kappa shape index (κ1) is 14.0. The van der Waals surface area contributed by atoms with E-state index >= 15 is 0 Å². The molecule has 0 aliphatic heterocycles. The van der Waals surface area contributed by atoms with Crippen molar-refractivity contribution in [3.8, 4) is 6.07 Å². The number of nitrogens with one attached hydrogen (secondary N) is 2. The average Bonchev–Trinajstić information content (AvgIpc) is 2.30. The molecule has 0 heterocycles. The van der Waals surface area contributed by atoms with Crippen LogP contribution < -0.4 is 10.6 Å². The minimum Gasteiger partial charge on any atom is -0.384 e. The Bertz CT molecular complexity index is 461. The molecule has 1 aromatic carbocycles. The van der Waals surface area contributed by atoms with Crippen LogP contribution in [-0.4, -0.2) is 18.5 Å². The molecule has 1 aromatic rings. The molecule has 2 N–H and O–H groups in total. The SMILES string of the molecule is Cc1ccc(C#N)cc1NCCC(=O)NC(C)C. The molecule has 0 atom stereocenters. The number of hydrogen-bond donors (Lipinski definition) is 2. The van der Waals surface area contributed by atoms with Crippen LogP contribution in [0.1, 0.15) is 31.4 Å². The summed E-state index contributed by atoms with van der Waals surface area (Å²) in [4.78, 5) is 11.4. The maximum atomic E-state index is 11.4. The number of carbonyl (C=O) groups is 1. The zero-order valence-electron chi connectivity index (χ0n) is 11.1. The monoisotopic (exact) mass is 245 g/mol. The lowest BCUT2D eigenvalue weighted by atomic mass is 10.1. The van der Waals surface area contributed by atoms with Gasteiger partial charge in [-0.05, 0) is 38.5 Å². The molecular formula is C14H19N3O. The zero-order valence-corrected chi connectivity index (χ0v) is 11.1. The van der Waals surface area contributed by atoms with Crippen molar-refractivity contribution in [3.05, 3.63) is 29.3 Å². The second kappa shape index (κ2) is 6.65. The van der Waals surface area contributed by atoms with Crippen molar-refractivity contribution >= 4 is 11.6 Å². The van der Waals surface area contributed by atoms with Crippen LogP contribution >= 0.6 is 0 Å². The second-order valence-corrected chi connectivity index (χ2v) is 4.54. The van der Waals surface area contributed by atoms with Crippen molar-refractivity contribution in [1.82, 2.24) is 5.32 Å². The number of hydrogen-bond acceptors (Lipinski definition) is 3. The highest BCUT2D eigenvalue weighted by molar-refractivity contribution is 5.76. The topological polar surface area (TPSA) is 64.9 Å². The molecule has 0 bridgehead atoms. The number of amides is 1. The lowest BCUT2D eigenvalue weighted by Crippen LogP contribution is -2.31. The fourth-order valence-electron chi connectivity index (χ4n) is 1.59. The van der Waals surface area contributed by atoms with Crippen LogP contribution in [0.3, 0.4) is 0 Å². The molecule has 0 unspecified atom stereocenters. The van der Waals surface area contributed by atoms with Crippen LogP contribution in [0.2, 0.25) is 0 Å². The van der Waals surface area contributed by atoms with E-state index in [0.29, 0.717) is 18.5 Å². The van der Waals surface area contributed by atoms with Crippen molar-refractivity contribution < 1.29 is 4.79 Å². The molecule has 4 nitrogen and oxygen atoms in total. The van der Waals surface area contributed by atoms with E-state index in [9.17, 15) is 4.79 Å². The van der Waals surface area contributed by atoms with Gasteiger partial charge < -0.3 is 10.6 Å². The summed E-state index contributed by atoms with van der Waals surface area (Å²) in [6, 6.07) is 7.75. The molecular weight excluding hydrogens is 226 g/mol. The number of rotatable bonds is 5. The van der Waals surface area contributed by atoms with Crippen molar-refractivity contribution in [3.63, 3.8) is 0 Å². The van der Waals surface area contributed by atoms with Gasteiger partial charge in [0.15, 0.2) is 0 Å². The molecule has 0 aliphatic rings. The van der Waals surface area contributed by atoms with Crippen LogP contribution in [0.4, 0.5) is 5.69 Å². The van der Waals surface area contributed by atoms with Crippen LogP contribution in [0, 0.1) is 18.3 Å². The van der Waals surface area contributed by atoms with Crippen LogP contribution in [0.15, 0.2) is 18.2 Å². The molecule has 0 saturated carbocycles. The summed E-state index contributed by atoms with van der Waals surface area (Å²) < 4.78 is 0. The predicted octanol–water partition coefficient (Wildman–Crippen LogP) is 2.19. The largest absolute Gasteiger partial charge is 0.384 e. The van der Waals surface area contributed by atoms with Gasteiger partial charge in [0, 0.05) is 24.7 Å². The summed E-state index contributed by atoms with van der Waals surface area (Å²) in [5, 5.41) is 14.8. The predicted molar refractivity (Wildman–Crippen MR) is 72.3 cm³/mol. The van der Waals surface area contributed by atoms with Gasteiger partial charge in [0.25, 0.3) is 0 Å². The first-order valence-electron chi connectivity index (χ1n) is 6.07. The van der Waals surface area contributed by atoms with Crippen LogP contribution in [0.25, 0.3) is 0 Å². The Labute approximate surface area is 108 Å². The van der Waals surface area contributed by atoms with E-state index in [1.165, 1.54) is 0 Å². The minimum atomic E-state index is 0.0339. The Morgan fingerprint density at radius 3 is 2.78 bits per heavy atom. The van der Waals surface area contributed by atoms with E-state index in [1.807, 2.05) is 26.8 Å². The van der Waals surface area contributed by atoms with Crippen LogP contribution in [-0.2, 0) is 4.79 Å². The minimum absolute atomic E-state index is 0.0339. The molecule has 1 amide bonds. The lowest BCUT2D eigenvalue weighted by Gasteiger charge is -2.11. The maximum Gasteiger partial charge on any atom is 0.221 e. The fourth-order valence-corrected chi connectivity index (χ4v) is 1.59. The van der Waals surface area contributed by atoms with E-state index in [-0.39, 0.29) is 11.9 Å². The summed E-state index contributed by atoms with van der Waals surface area (Å²) in [7, 11) is 0. The summed E-state index contributed by atoms with van der Waals surface area (Å²) >= 11 is 0. The molecule has 18 heavy (non-hydrogen) atoms. The van der Waals surface area contributed by atoms with Crippen molar-refractivity contribution in [2.24, 2.45) is 0 Å². The Morgan fingerprint density at radius 2 is 2.17 bits per heavy atom.